The molecule has 1 saturated heterocycles. The van der Waals surface area contributed by atoms with Gasteiger partial charge in [-0.2, -0.15) is 0 Å². The fraction of sp³-hybridized carbons (Fsp3) is 0.727. The maximum Gasteiger partial charge on any atom is 0.0835 e. The van der Waals surface area contributed by atoms with E-state index in [2.05, 4.69) is 82.3 Å². The van der Waals surface area contributed by atoms with Crippen LogP contribution < -0.4 is 5.32 Å². The normalized spacial score (nSPS) is 25.7. The summed E-state index contributed by atoms with van der Waals surface area (Å²) in [7, 11) is 0. The fourth-order valence-corrected chi connectivity index (χ4v) is 3.24. The van der Waals surface area contributed by atoms with Gasteiger partial charge in [0.05, 0.1) is 6.17 Å². The molecule has 3 unspecified atom stereocenters. The van der Waals surface area contributed by atoms with Gasteiger partial charge in [0, 0.05) is 11.9 Å². The van der Waals surface area contributed by atoms with Crippen LogP contribution in [0.2, 0.25) is 0 Å². The van der Waals surface area contributed by atoms with Gasteiger partial charge in [0.15, 0.2) is 0 Å². The molecule has 0 saturated carbocycles. The lowest BCUT2D eigenvalue weighted by molar-refractivity contribution is 0.262. The van der Waals surface area contributed by atoms with E-state index in [0.717, 1.165) is 12.5 Å². The highest BCUT2D eigenvalue weighted by Gasteiger charge is 2.19. The van der Waals surface area contributed by atoms with Gasteiger partial charge < -0.3 is 4.90 Å². The van der Waals surface area contributed by atoms with Crippen LogP contribution in [0.25, 0.3) is 0 Å². The summed E-state index contributed by atoms with van der Waals surface area (Å²) in [4.78, 5) is 2.45. The van der Waals surface area contributed by atoms with E-state index in [-0.39, 0.29) is 0 Å². The zero-order chi connectivity index (χ0) is 17.9. The zero-order valence-corrected chi connectivity index (χ0v) is 16.9. The summed E-state index contributed by atoms with van der Waals surface area (Å²) in [5.41, 5.74) is 1.36. The van der Waals surface area contributed by atoms with Crippen molar-refractivity contribution in [3.05, 3.63) is 36.2 Å². The molecule has 2 heteroatoms. The highest BCUT2D eigenvalue weighted by Crippen LogP contribution is 2.22. The van der Waals surface area contributed by atoms with Crippen molar-refractivity contribution in [1.29, 1.82) is 0 Å². The van der Waals surface area contributed by atoms with Crippen molar-refractivity contribution >= 4 is 0 Å². The van der Waals surface area contributed by atoms with Crippen molar-refractivity contribution < 1.29 is 0 Å². The van der Waals surface area contributed by atoms with Crippen LogP contribution in [0.1, 0.15) is 73.6 Å². The minimum absolute atomic E-state index is 0.410. The van der Waals surface area contributed by atoms with Gasteiger partial charge in [-0.15, -0.1) is 0 Å². The maximum absolute atomic E-state index is 3.80. The number of allylic oxidation sites excluding steroid dienone is 5. The third kappa shape index (κ3) is 7.70. The van der Waals surface area contributed by atoms with Crippen LogP contribution in [0.5, 0.6) is 0 Å². The summed E-state index contributed by atoms with van der Waals surface area (Å²) in [5, 5.41) is 3.80. The number of hydrogen-bond donors (Lipinski definition) is 1. The summed E-state index contributed by atoms with van der Waals surface area (Å²) in [6.07, 6.45) is 18.0. The van der Waals surface area contributed by atoms with Gasteiger partial charge >= 0.3 is 0 Å². The van der Waals surface area contributed by atoms with Gasteiger partial charge in [-0.25, -0.2) is 0 Å². The standard InChI is InChI=1S/C22H40N2/c1-7-8-9-16-24(21(6)17-20(5)18(2)3)22-14-10-12-19(4)13-11-15-23-22/h7-9,16-20,22-23H,10-15H2,1-6H3/b8-7-,16-9-,21-17+. The van der Waals surface area contributed by atoms with Crippen molar-refractivity contribution in [2.75, 3.05) is 6.54 Å². The van der Waals surface area contributed by atoms with E-state index in [1.807, 2.05) is 0 Å². The predicted molar refractivity (Wildman–Crippen MR) is 108 cm³/mol. The van der Waals surface area contributed by atoms with E-state index < -0.39 is 0 Å². The molecule has 1 fully saturated rings. The molecule has 1 aliphatic heterocycles. The molecule has 3 atom stereocenters. The number of rotatable bonds is 6. The molecule has 0 aromatic rings. The van der Waals surface area contributed by atoms with Gasteiger partial charge in [0.1, 0.15) is 0 Å². The first kappa shape index (κ1) is 21.0. The van der Waals surface area contributed by atoms with E-state index in [9.17, 15) is 0 Å². The second-order valence-electron chi connectivity index (χ2n) is 7.83. The summed E-state index contributed by atoms with van der Waals surface area (Å²) < 4.78 is 0. The van der Waals surface area contributed by atoms with E-state index >= 15 is 0 Å². The monoisotopic (exact) mass is 332 g/mol. The van der Waals surface area contributed by atoms with Crippen molar-refractivity contribution in [3.63, 3.8) is 0 Å². The topological polar surface area (TPSA) is 15.3 Å². The lowest BCUT2D eigenvalue weighted by Gasteiger charge is -2.33. The minimum Gasteiger partial charge on any atom is -0.336 e. The Kier molecular flexibility index (Phi) is 10.1. The molecular formula is C22H40N2. The minimum atomic E-state index is 0.410. The molecule has 1 heterocycles. The van der Waals surface area contributed by atoms with Gasteiger partial charge in [-0.3, -0.25) is 5.32 Å². The quantitative estimate of drug-likeness (QED) is 0.592. The molecule has 0 aliphatic carbocycles. The van der Waals surface area contributed by atoms with Gasteiger partial charge in [-0.05, 0) is 69.9 Å². The molecule has 138 valence electrons. The zero-order valence-electron chi connectivity index (χ0n) is 16.9. The number of nitrogens with one attached hydrogen (secondary N) is 1. The first-order valence-corrected chi connectivity index (χ1v) is 9.95. The van der Waals surface area contributed by atoms with E-state index in [0.29, 0.717) is 18.0 Å². The Bertz CT molecular complexity index is 420. The highest BCUT2D eigenvalue weighted by atomic mass is 15.3. The summed E-state index contributed by atoms with van der Waals surface area (Å²) in [6, 6.07) is 0. The molecule has 1 N–H and O–H groups in total. The second kappa shape index (κ2) is 11.5. The molecule has 0 spiro atoms. The fourth-order valence-electron chi connectivity index (χ4n) is 3.24. The first-order chi connectivity index (χ1) is 11.5. The molecular weight excluding hydrogens is 292 g/mol. The predicted octanol–water partition coefficient (Wildman–Crippen LogP) is 6.09. The summed E-state index contributed by atoms with van der Waals surface area (Å²) in [5.74, 6) is 2.14. The molecule has 0 bridgehead atoms. The van der Waals surface area contributed by atoms with Crippen LogP contribution in [0.15, 0.2) is 36.2 Å². The molecule has 1 aliphatic rings. The molecule has 2 nitrogen and oxygen atoms in total. The van der Waals surface area contributed by atoms with E-state index in [1.54, 1.807) is 0 Å². The Labute approximate surface area is 151 Å². The third-order valence-corrected chi connectivity index (χ3v) is 5.28. The number of hydrogen-bond acceptors (Lipinski definition) is 2. The van der Waals surface area contributed by atoms with Crippen LogP contribution in [-0.4, -0.2) is 17.6 Å². The van der Waals surface area contributed by atoms with Gasteiger partial charge in [-0.1, -0.05) is 52.3 Å². The van der Waals surface area contributed by atoms with Crippen LogP contribution in [0.4, 0.5) is 0 Å². The number of nitrogens with zero attached hydrogens (tertiary/aromatic N) is 1. The lowest BCUT2D eigenvalue weighted by Crippen LogP contribution is -2.42. The molecule has 0 aromatic heterocycles. The maximum atomic E-state index is 3.80. The largest absolute Gasteiger partial charge is 0.336 e. The SMILES string of the molecule is C/C=C\C=C/N(/C(C)=C/C(C)C(C)C)C1CCCC(C)CCCN1. The van der Waals surface area contributed by atoms with Crippen LogP contribution >= 0.6 is 0 Å². The van der Waals surface area contributed by atoms with Crippen LogP contribution in [-0.2, 0) is 0 Å². The van der Waals surface area contributed by atoms with Crippen LogP contribution in [0.3, 0.4) is 0 Å². The van der Waals surface area contributed by atoms with E-state index in [1.165, 1.54) is 37.8 Å². The van der Waals surface area contributed by atoms with E-state index in [4.69, 9.17) is 0 Å². The van der Waals surface area contributed by atoms with Crippen molar-refractivity contribution in [2.24, 2.45) is 17.8 Å². The Morgan fingerprint density at radius 2 is 1.79 bits per heavy atom. The molecule has 0 amide bonds. The Hall–Kier alpha value is -1.02. The van der Waals surface area contributed by atoms with Crippen molar-refractivity contribution in [1.82, 2.24) is 10.2 Å². The Morgan fingerprint density at radius 3 is 2.46 bits per heavy atom. The molecule has 24 heavy (non-hydrogen) atoms. The molecule has 0 radical (unpaired) electrons. The Balaban J connectivity index is 2.93. The van der Waals surface area contributed by atoms with Crippen molar-refractivity contribution in [2.45, 2.75) is 79.8 Å². The second-order valence-corrected chi connectivity index (χ2v) is 7.83. The van der Waals surface area contributed by atoms with Crippen molar-refractivity contribution in [3.8, 4) is 0 Å². The summed E-state index contributed by atoms with van der Waals surface area (Å²) >= 11 is 0. The lowest BCUT2D eigenvalue weighted by atomic mass is 9.96. The Morgan fingerprint density at radius 1 is 1.08 bits per heavy atom. The van der Waals surface area contributed by atoms with Gasteiger partial charge in [0.2, 0.25) is 0 Å². The highest BCUT2D eigenvalue weighted by molar-refractivity contribution is 5.10. The third-order valence-electron chi connectivity index (χ3n) is 5.28. The molecule has 1 rings (SSSR count). The molecule has 0 aromatic carbocycles. The average Bonchev–Trinajstić information content (AvgIpc) is 2.63. The average molecular weight is 333 g/mol. The first-order valence-electron chi connectivity index (χ1n) is 9.95. The van der Waals surface area contributed by atoms with Gasteiger partial charge in [0.25, 0.3) is 0 Å². The smallest absolute Gasteiger partial charge is 0.0835 e. The van der Waals surface area contributed by atoms with Crippen LogP contribution in [0, 0.1) is 17.8 Å². The summed E-state index contributed by atoms with van der Waals surface area (Å²) in [6.45, 7) is 14.8.